The number of aliphatic carboxylic acids is 1. The predicted octanol–water partition coefficient (Wildman–Crippen LogP) is -0.608. The maximum absolute atomic E-state index is 10.5. The van der Waals surface area contributed by atoms with E-state index in [0.717, 1.165) is 0 Å². The van der Waals surface area contributed by atoms with Crippen LogP contribution in [0.3, 0.4) is 0 Å². The second-order valence-electron chi connectivity index (χ2n) is 0.527. The average molecular weight is 102 g/mol. The molecular weight excluding hydrogens is 98.0 g/mol. The topological polar surface area (TPSA) is 37.3 Å². The van der Waals surface area contributed by atoms with Gasteiger partial charge in [-0.15, -0.1) is 0 Å². The summed E-state index contributed by atoms with van der Waals surface area (Å²) in [4.78, 5) is 8.99. The molecule has 0 bridgehead atoms. The molecule has 0 amide bonds. The summed E-state index contributed by atoms with van der Waals surface area (Å²) < 4.78 is 10.5. The van der Waals surface area contributed by atoms with Gasteiger partial charge < -0.3 is 5.11 Å². The fraction of sp³-hybridized carbons (Fsp3) is 0.500. The molecule has 32 valence electrons. The summed E-state index contributed by atoms with van der Waals surface area (Å²) in [5, 5.41) is 7.35. The van der Waals surface area contributed by atoms with Crippen molar-refractivity contribution in [1.29, 1.82) is 0 Å². The van der Waals surface area contributed by atoms with Crippen LogP contribution in [-0.4, -0.2) is 47.3 Å². The Morgan fingerprint density at radius 3 is 2.00 bits per heavy atom. The van der Waals surface area contributed by atoms with Crippen LogP contribution in [0.1, 0.15) is 0 Å². The van der Waals surface area contributed by atoms with Crippen LogP contribution in [0.2, 0.25) is 0 Å². The number of carbonyl (C=O) groups is 1. The molecule has 0 aliphatic rings. The molecule has 0 unspecified atom stereocenters. The molecule has 0 heterocycles. The molecule has 0 saturated heterocycles. The van der Waals surface area contributed by atoms with Crippen molar-refractivity contribution in [3.05, 3.63) is 0 Å². The van der Waals surface area contributed by atoms with Crippen molar-refractivity contribution in [3.8, 4) is 0 Å². The molecule has 0 aromatic rings. The molecule has 0 rings (SSSR count). The average Bonchev–Trinajstić information content (AvgIpc) is 1.38. The minimum atomic E-state index is -1.41. The Hall–Kier alpha value is 0.400. The molecule has 0 aliphatic heterocycles. The van der Waals surface area contributed by atoms with Crippen LogP contribution < -0.4 is 0 Å². The van der Waals surface area contributed by atoms with Gasteiger partial charge in [0.2, 0.25) is 0 Å². The Labute approximate surface area is 56.6 Å². The fourth-order valence-corrected chi connectivity index (χ4v) is 0. The van der Waals surface area contributed by atoms with Gasteiger partial charge in [0, 0.05) is 0 Å². The standard InChI is InChI=1S/C2H3FO2.Na.H/c3-1-2(4)5;;/h1H2,(H,4,5);;. The first-order chi connectivity index (χ1) is 2.27. The second-order valence-corrected chi connectivity index (χ2v) is 0.527. The summed E-state index contributed by atoms with van der Waals surface area (Å²) >= 11 is 0. The summed E-state index contributed by atoms with van der Waals surface area (Å²) in [6, 6.07) is 0. The quantitative estimate of drug-likeness (QED) is 0.448. The van der Waals surface area contributed by atoms with Crippen molar-refractivity contribution < 1.29 is 14.3 Å². The number of alkyl halides is 1. The normalized spacial score (nSPS) is 6.17. The number of halogens is 1. The summed E-state index contributed by atoms with van der Waals surface area (Å²) in [6.45, 7) is -1.28. The maximum atomic E-state index is 10.5. The van der Waals surface area contributed by atoms with Gasteiger partial charge in [-0.25, -0.2) is 9.18 Å². The molecule has 0 saturated carbocycles. The van der Waals surface area contributed by atoms with Gasteiger partial charge in [-0.1, -0.05) is 0 Å². The van der Waals surface area contributed by atoms with Gasteiger partial charge in [-0.2, -0.15) is 0 Å². The van der Waals surface area contributed by atoms with Gasteiger partial charge in [-0.3, -0.25) is 0 Å². The Balaban J connectivity index is 0. The van der Waals surface area contributed by atoms with E-state index in [0.29, 0.717) is 0 Å². The van der Waals surface area contributed by atoms with Crippen LogP contribution in [0.25, 0.3) is 0 Å². The molecule has 0 fully saturated rings. The summed E-state index contributed by atoms with van der Waals surface area (Å²) in [5.74, 6) is -1.41. The molecule has 6 heavy (non-hydrogen) atoms. The van der Waals surface area contributed by atoms with Crippen molar-refractivity contribution in [1.82, 2.24) is 0 Å². The van der Waals surface area contributed by atoms with Crippen LogP contribution in [0.4, 0.5) is 4.39 Å². The van der Waals surface area contributed by atoms with E-state index in [1.54, 1.807) is 0 Å². The fourth-order valence-electron chi connectivity index (χ4n) is 0. The second kappa shape index (κ2) is 5.40. The van der Waals surface area contributed by atoms with Crippen molar-refractivity contribution in [2.75, 3.05) is 6.67 Å². The number of hydrogen-bond acceptors (Lipinski definition) is 1. The number of rotatable bonds is 1. The number of hydrogen-bond donors (Lipinski definition) is 1. The van der Waals surface area contributed by atoms with E-state index in [-0.39, 0.29) is 29.6 Å². The van der Waals surface area contributed by atoms with E-state index in [9.17, 15) is 4.39 Å². The van der Waals surface area contributed by atoms with Crippen LogP contribution >= 0.6 is 0 Å². The zero-order chi connectivity index (χ0) is 4.28. The Morgan fingerprint density at radius 1 is 1.83 bits per heavy atom. The van der Waals surface area contributed by atoms with Gasteiger partial charge in [0.25, 0.3) is 0 Å². The molecular formula is C2H4FNaO2. The first kappa shape index (κ1) is 9.64. The molecule has 4 heteroatoms. The van der Waals surface area contributed by atoms with Gasteiger partial charge in [-0.05, 0) is 0 Å². The minimum absolute atomic E-state index is 0. The molecule has 0 radical (unpaired) electrons. The van der Waals surface area contributed by atoms with E-state index in [4.69, 9.17) is 9.90 Å². The molecule has 0 aromatic heterocycles. The third-order valence-electron chi connectivity index (χ3n) is 0.114. The summed E-state index contributed by atoms with van der Waals surface area (Å²) in [6.07, 6.45) is 0. The first-order valence-corrected chi connectivity index (χ1v) is 1.05. The Morgan fingerprint density at radius 2 is 2.00 bits per heavy atom. The molecule has 0 aromatic carbocycles. The monoisotopic (exact) mass is 102 g/mol. The van der Waals surface area contributed by atoms with E-state index < -0.39 is 12.6 Å². The summed E-state index contributed by atoms with van der Waals surface area (Å²) in [5.41, 5.74) is 0. The SMILES string of the molecule is O=C(O)CF.[NaH]. The van der Waals surface area contributed by atoms with Crippen LogP contribution in [-0.2, 0) is 4.79 Å². The van der Waals surface area contributed by atoms with E-state index >= 15 is 0 Å². The van der Waals surface area contributed by atoms with E-state index in [2.05, 4.69) is 0 Å². The third kappa shape index (κ3) is 8.83. The zero-order valence-electron chi connectivity index (χ0n) is 2.44. The molecule has 2 nitrogen and oxygen atoms in total. The number of carboxylic acid groups (broad SMARTS) is 1. The Bertz CT molecular complexity index is 46.8. The van der Waals surface area contributed by atoms with Gasteiger partial charge in [0.05, 0.1) is 0 Å². The Kier molecular flexibility index (Phi) is 8.68. The number of carboxylic acids is 1. The third-order valence-corrected chi connectivity index (χ3v) is 0.114. The first-order valence-electron chi connectivity index (χ1n) is 1.05. The van der Waals surface area contributed by atoms with Gasteiger partial charge in [0.1, 0.15) is 0 Å². The van der Waals surface area contributed by atoms with Crippen molar-refractivity contribution in [3.63, 3.8) is 0 Å². The molecule has 1 N–H and O–H groups in total. The van der Waals surface area contributed by atoms with Gasteiger partial charge >= 0.3 is 35.5 Å². The zero-order valence-corrected chi connectivity index (χ0v) is 2.44. The van der Waals surface area contributed by atoms with E-state index in [1.165, 1.54) is 0 Å². The van der Waals surface area contributed by atoms with Crippen LogP contribution in [0, 0.1) is 0 Å². The van der Waals surface area contributed by atoms with E-state index in [1.807, 2.05) is 0 Å². The van der Waals surface area contributed by atoms with Crippen molar-refractivity contribution in [2.45, 2.75) is 0 Å². The van der Waals surface area contributed by atoms with Crippen molar-refractivity contribution >= 4 is 35.5 Å². The summed E-state index contributed by atoms with van der Waals surface area (Å²) in [7, 11) is 0. The van der Waals surface area contributed by atoms with Crippen LogP contribution in [0.15, 0.2) is 0 Å². The van der Waals surface area contributed by atoms with Crippen LogP contribution in [0.5, 0.6) is 0 Å². The van der Waals surface area contributed by atoms with Crippen molar-refractivity contribution in [2.24, 2.45) is 0 Å². The molecule has 0 aliphatic carbocycles. The molecule has 0 spiro atoms. The predicted molar refractivity (Wildman–Crippen MR) is 20.8 cm³/mol. The van der Waals surface area contributed by atoms with Gasteiger partial charge in [0.15, 0.2) is 6.67 Å². The molecule has 0 atom stereocenters.